The molecule has 0 saturated carbocycles. The summed E-state index contributed by atoms with van der Waals surface area (Å²) < 4.78 is 23.5. The number of hydrogen-bond donors (Lipinski definition) is 1. The maximum Gasteiger partial charge on any atom is 0.165 e. The molecule has 3 nitrogen and oxygen atoms in total. The molecule has 0 amide bonds. The van der Waals surface area contributed by atoms with Crippen molar-refractivity contribution in [2.45, 2.75) is 13.0 Å². The Labute approximate surface area is 95.6 Å². The normalized spacial score (nSPS) is 12.5. The fraction of sp³-hybridized carbons (Fsp3) is 0.500. The second-order valence-corrected chi connectivity index (χ2v) is 3.46. The summed E-state index contributed by atoms with van der Waals surface area (Å²) in [6, 6.07) is 4.96. The molecule has 4 heteroatoms. The van der Waals surface area contributed by atoms with Crippen LogP contribution in [0.5, 0.6) is 5.75 Å². The van der Waals surface area contributed by atoms with Gasteiger partial charge in [0.15, 0.2) is 11.6 Å². The summed E-state index contributed by atoms with van der Waals surface area (Å²) in [5, 5.41) is 3.23. The lowest BCUT2D eigenvalue weighted by molar-refractivity contribution is 0.167. The minimum Gasteiger partial charge on any atom is -0.494 e. The summed E-state index contributed by atoms with van der Waals surface area (Å²) in [6.45, 7) is 3.32. The zero-order valence-electron chi connectivity index (χ0n) is 9.92. The monoisotopic (exact) mass is 227 g/mol. The van der Waals surface area contributed by atoms with E-state index in [9.17, 15) is 4.39 Å². The van der Waals surface area contributed by atoms with E-state index in [-0.39, 0.29) is 17.6 Å². The molecule has 0 saturated heterocycles. The Morgan fingerprint density at radius 1 is 1.38 bits per heavy atom. The summed E-state index contributed by atoms with van der Waals surface area (Å²) in [5.41, 5.74) is 0.863. The van der Waals surface area contributed by atoms with E-state index in [2.05, 4.69) is 5.32 Å². The maximum atomic E-state index is 13.5. The summed E-state index contributed by atoms with van der Waals surface area (Å²) >= 11 is 0. The first-order valence-electron chi connectivity index (χ1n) is 5.28. The molecule has 1 aromatic rings. The SMILES string of the molecule is CCNC(COC)c1ccc(OC)c(F)c1. The Hall–Kier alpha value is -1.13. The molecule has 0 fully saturated rings. The number of rotatable bonds is 6. The third-order valence-electron chi connectivity index (χ3n) is 2.36. The molecule has 0 heterocycles. The summed E-state index contributed by atoms with van der Waals surface area (Å²) in [5.74, 6) is -0.0876. The van der Waals surface area contributed by atoms with Crippen LogP contribution in [0, 0.1) is 5.82 Å². The van der Waals surface area contributed by atoms with Gasteiger partial charge >= 0.3 is 0 Å². The Balaban J connectivity index is 2.87. The lowest BCUT2D eigenvalue weighted by atomic mass is 10.1. The minimum absolute atomic E-state index is 0.00964. The molecule has 0 aliphatic rings. The van der Waals surface area contributed by atoms with Crippen molar-refractivity contribution in [3.8, 4) is 5.75 Å². The largest absolute Gasteiger partial charge is 0.494 e. The first-order chi connectivity index (χ1) is 7.72. The first-order valence-corrected chi connectivity index (χ1v) is 5.28. The van der Waals surface area contributed by atoms with Crippen molar-refractivity contribution >= 4 is 0 Å². The van der Waals surface area contributed by atoms with E-state index in [4.69, 9.17) is 9.47 Å². The Morgan fingerprint density at radius 3 is 2.62 bits per heavy atom. The van der Waals surface area contributed by atoms with Crippen LogP contribution in [0.3, 0.4) is 0 Å². The van der Waals surface area contributed by atoms with Crippen molar-refractivity contribution in [1.29, 1.82) is 0 Å². The average molecular weight is 227 g/mol. The molecule has 0 bridgehead atoms. The standard InChI is InChI=1S/C12H18FNO2/c1-4-14-11(8-15-2)9-5-6-12(16-3)10(13)7-9/h5-7,11,14H,4,8H2,1-3H3. The Kier molecular flexibility index (Phi) is 5.22. The highest BCUT2D eigenvalue weighted by molar-refractivity contribution is 5.31. The van der Waals surface area contributed by atoms with Crippen molar-refractivity contribution in [3.05, 3.63) is 29.6 Å². The van der Waals surface area contributed by atoms with Crippen molar-refractivity contribution in [2.75, 3.05) is 27.4 Å². The molecule has 1 atom stereocenters. The number of benzene rings is 1. The molecule has 0 aromatic heterocycles. The molecule has 90 valence electrons. The predicted octanol–water partition coefficient (Wildman–Crippen LogP) is 2.13. The second kappa shape index (κ2) is 6.45. The van der Waals surface area contributed by atoms with Crippen molar-refractivity contribution in [1.82, 2.24) is 5.32 Å². The summed E-state index contributed by atoms with van der Waals surface area (Å²) in [6.07, 6.45) is 0. The van der Waals surface area contributed by atoms with Crippen LogP contribution >= 0.6 is 0 Å². The van der Waals surface area contributed by atoms with Gasteiger partial charge in [0.2, 0.25) is 0 Å². The first kappa shape index (κ1) is 12.9. The molecule has 1 rings (SSSR count). The topological polar surface area (TPSA) is 30.5 Å². The Morgan fingerprint density at radius 2 is 2.12 bits per heavy atom. The minimum atomic E-state index is -0.348. The number of methoxy groups -OCH3 is 2. The quantitative estimate of drug-likeness (QED) is 0.807. The van der Waals surface area contributed by atoms with Gasteiger partial charge in [0.1, 0.15) is 0 Å². The van der Waals surface area contributed by atoms with Crippen LogP contribution in [-0.2, 0) is 4.74 Å². The third-order valence-corrected chi connectivity index (χ3v) is 2.36. The highest BCUT2D eigenvalue weighted by atomic mass is 19.1. The molecule has 0 spiro atoms. The molecular weight excluding hydrogens is 209 g/mol. The highest BCUT2D eigenvalue weighted by Crippen LogP contribution is 2.21. The molecule has 1 unspecified atom stereocenters. The van der Waals surface area contributed by atoms with E-state index in [0.717, 1.165) is 12.1 Å². The molecule has 1 N–H and O–H groups in total. The zero-order valence-corrected chi connectivity index (χ0v) is 9.92. The number of nitrogens with one attached hydrogen (secondary N) is 1. The lowest BCUT2D eigenvalue weighted by Gasteiger charge is -2.17. The number of halogens is 1. The van der Waals surface area contributed by atoms with Crippen LogP contribution in [0.15, 0.2) is 18.2 Å². The van der Waals surface area contributed by atoms with Gasteiger partial charge in [-0.3, -0.25) is 0 Å². The van der Waals surface area contributed by atoms with Crippen LogP contribution in [0.2, 0.25) is 0 Å². The number of likely N-dealkylation sites (N-methyl/N-ethyl adjacent to an activating group) is 1. The molecule has 1 aromatic carbocycles. The summed E-state index contributed by atoms with van der Waals surface area (Å²) in [7, 11) is 3.08. The predicted molar refractivity (Wildman–Crippen MR) is 61.2 cm³/mol. The van der Waals surface area contributed by atoms with E-state index in [1.807, 2.05) is 13.0 Å². The van der Waals surface area contributed by atoms with E-state index in [1.54, 1.807) is 13.2 Å². The van der Waals surface area contributed by atoms with E-state index >= 15 is 0 Å². The molecule has 0 aliphatic carbocycles. The van der Waals surface area contributed by atoms with Crippen LogP contribution < -0.4 is 10.1 Å². The summed E-state index contributed by atoms with van der Waals surface area (Å²) in [4.78, 5) is 0. The maximum absolute atomic E-state index is 13.5. The van der Waals surface area contributed by atoms with Gasteiger partial charge in [-0.15, -0.1) is 0 Å². The molecule has 16 heavy (non-hydrogen) atoms. The molecule has 0 radical (unpaired) electrons. The fourth-order valence-corrected chi connectivity index (χ4v) is 1.59. The van der Waals surface area contributed by atoms with Gasteiger partial charge in [0, 0.05) is 7.11 Å². The van der Waals surface area contributed by atoms with Gasteiger partial charge in [-0.2, -0.15) is 0 Å². The van der Waals surface area contributed by atoms with Crippen LogP contribution in [0.25, 0.3) is 0 Å². The van der Waals surface area contributed by atoms with Crippen LogP contribution in [-0.4, -0.2) is 27.4 Å². The lowest BCUT2D eigenvalue weighted by Crippen LogP contribution is -2.24. The third kappa shape index (κ3) is 3.18. The van der Waals surface area contributed by atoms with Crippen molar-refractivity contribution in [2.24, 2.45) is 0 Å². The van der Waals surface area contributed by atoms with Gasteiger partial charge in [0.25, 0.3) is 0 Å². The van der Waals surface area contributed by atoms with E-state index in [0.29, 0.717) is 6.61 Å². The van der Waals surface area contributed by atoms with Crippen LogP contribution in [0.1, 0.15) is 18.5 Å². The van der Waals surface area contributed by atoms with E-state index in [1.165, 1.54) is 13.2 Å². The number of ether oxygens (including phenoxy) is 2. The number of hydrogen-bond acceptors (Lipinski definition) is 3. The molecular formula is C12H18FNO2. The molecule has 0 aliphatic heterocycles. The zero-order chi connectivity index (χ0) is 12.0. The van der Waals surface area contributed by atoms with Gasteiger partial charge in [-0.25, -0.2) is 4.39 Å². The fourth-order valence-electron chi connectivity index (χ4n) is 1.59. The van der Waals surface area contributed by atoms with Gasteiger partial charge in [-0.05, 0) is 24.2 Å². The van der Waals surface area contributed by atoms with E-state index < -0.39 is 0 Å². The van der Waals surface area contributed by atoms with Gasteiger partial charge in [0.05, 0.1) is 19.8 Å². The van der Waals surface area contributed by atoms with Gasteiger partial charge in [-0.1, -0.05) is 13.0 Å². The second-order valence-electron chi connectivity index (χ2n) is 3.46. The highest BCUT2D eigenvalue weighted by Gasteiger charge is 2.12. The van der Waals surface area contributed by atoms with Crippen molar-refractivity contribution < 1.29 is 13.9 Å². The smallest absolute Gasteiger partial charge is 0.165 e. The van der Waals surface area contributed by atoms with Crippen molar-refractivity contribution in [3.63, 3.8) is 0 Å². The average Bonchev–Trinajstić information content (AvgIpc) is 2.28. The van der Waals surface area contributed by atoms with Crippen LogP contribution in [0.4, 0.5) is 4.39 Å². The van der Waals surface area contributed by atoms with Gasteiger partial charge < -0.3 is 14.8 Å². The Bertz CT molecular complexity index is 325.